The first-order chi connectivity index (χ1) is 8.28. The lowest BCUT2D eigenvalue weighted by molar-refractivity contribution is -0.138. The van der Waals surface area contributed by atoms with Crippen LogP contribution in [0.15, 0.2) is 12.2 Å². The van der Waals surface area contributed by atoms with Crippen LogP contribution < -0.4 is 0 Å². The first-order valence-corrected chi connectivity index (χ1v) is 13.7. The number of esters is 1. The van der Waals surface area contributed by atoms with E-state index in [4.69, 9.17) is 13.0 Å². The SMILES string of the molecule is C=C(C)C(=O)OCCC[SiH](C)O[Si](C)(C)O[SiH2]C. The molecular weight excluding hydrogens is 280 g/mol. The lowest BCUT2D eigenvalue weighted by Crippen LogP contribution is -2.40. The molecule has 0 spiro atoms. The van der Waals surface area contributed by atoms with Crippen molar-refractivity contribution in [1.29, 1.82) is 0 Å². The highest BCUT2D eigenvalue weighted by Gasteiger charge is 2.25. The van der Waals surface area contributed by atoms with E-state index >= 15 is 0 Å². The van der Waals surface area contributed by atoms with Gasteiger partial charge >= 0.3 is 14.5 Å². The Morgan fingerprint density at radius 1 is 1.44 bits per heavy atom. The van der Waals surface area contributed by atoms with Crippen LogP contribution >= 0.6 is 0 Å². The highest BCUT2D eigenvalue weighted by Crippen LogP contribution is 2.11. The van der Waals surface area contributed by atoms with E-state index in [0.717, 1.165) is 12.5 Å². The third-order valence-electron chi connectivity index (χ3n) is 2.31. The fraction of sp³-hybridized carbons (Fsp3) is 0.727. The Morgan fingerprint density at radius 3 is 2.56 bits per heavy atom. The molecule has 0 heterocycles. The van der Waals surface area contributed by atoms with Crippen LogP contribution in [0.2, 0.25) is 32.2 Å². The van der Waals surface area contributed by atoms with Gasteiger partial charge in [-0.2, -0.15) is 0 Å². The third kappa shape index (κ3) is 8.81. The standard InChI is InChI=1S/C11H26O4Si3/c1-10(2)11(12)13-8-7-9-17(4)15-18(5,6)14-16-3/h17H,1,7-9,16H2,2-6H3. The summed E-state index contributed by atoms with van der Waals surface area (Å²) in [5.74, 6) is -0.305. The van der Waals surface area contributed by atoms with Gasteiger partial charge in [0.15, 0.2) is 9.04 Å². The van der Waals surface area contributed by atoms with Crippen molar-refractivity contribution in [2.75, 3.05) is 6.61 Å². The Hall–Kier alpha value is -0.219. The highest BCUT2D eigenvalue weighted by molar-refractivity contribution is 6.76. The molecule has 0 N–H and O–H groups in total. The molecule has 18 heavy (non-hydrogen) atoms. The second-order valence-corrected chi connectivity index (χ2v) is 12.5. The van der Waals surface area contributed by atoms with Crippen molar-refractivity contribution < 1.29 is 17.8 Å². The van der Waals surface area contributed by atoms with Crippen LogP contribution in [0, 0.1) is 0 Å². The summed E-state index contributed by atoms with van der Waals surface area (Å²) in [5.41, 5.74) is 0.450. The zero-order valence-electron chi connectivity index (χ0n) is 12.2. The molecule has 0 aromatic heterocycles. The quantitative estimate of drug-likeness (QED) is 0.282. The predicted molar refractivity (Wildman–Crippen MR) is 82.3 cm³/mol. The average Bonchev–Trinajstić information content (AvgIpc) is 2.22. The highest BCUT2D eigenvalue weighted by atomic mass is 28.4. The fourth-order valence-corrected chi connectivity index (χ4v) is 10.3. The molecule has 0 saturated heterocycles. The van der Waals surface area contributed by atoms with Crippen molar-refractivity contribution >= 4 is 33.3 Å². The van der Waals surface area contributed by atoms with Crippen molar-refractivity contribution in [3.05, 3.63) is 12.2 Å². The molecule has 0 aliphatic rings. The van der Waals surface area contributed by atoms with Crippen LogP contribution in [0.3, 0.4) is 0 Å². The topological polar surface area (TPSA) is 44.8 Å². The number of hydrogen-bond donors (Lipinski definition) is 0. The van der Waals surface area contributed by atoms with Gasteiger partial charge in [-0.25, -0.2) is 4.79 Å². The largest absolute Gasteiger partial charge is 0.462 e. The lowest BCUT2D eigenvalue weighted by Gasteiger charge is -2.26. The molecule has 7 heteroatoms. The summed E-state index contributed by atoms with van der Waals surface area (Å²) in [7, 11) is -3.46. The van der Waals surface area contributed by atoms with Gasteiger partial charge in [-0.3, -0.25) is 0 Å². The maximum absolute atomic E-state index is 11.2. The molecule has 0 radical (unpaired) electrons. The number of ether oxygens (including phenoxy) is 1. The Morgan fingerprint density at radius 2 is 2.06 bits per heavy atom. The Labute approximate surface area is 116 Å². The van der Waals surface area contributed by atoms with E-state index in [9.17, 15) is 4.79 Å². The average molecular weight is 307 g/mol. The zero-order chi connectivity index (χ0) is 14.2. The smallest absolute Gasteiger partial charge is 0.333 e. The summed E-state index contributed by atoms with van der Waals surface area (Å²) >= 11 is 0. The monoisotopic (exact) mass is 306 g/mol. The van der Waals surface area contributed by atoms with Crippen LogP contribution in [0.5, 0.6) is 0 Å². The van der Waals surface area contributed by atoms with Gasteiger partial charge in [0.05, 0.1) is 6.61 Å². The molecule has 0 rings (SSSR count). The van der Waals surface area contributed by atoms with Crippen molar-refractivity contribution in [3.8, 4) is 0 Å². The van der Waals surface area contributed by atoms with Gasteiger partial charge in [-0.15, -0.1) is 0 Å². The van der Waals surface area contributed by atoms with Crippen LogP contribution in [-0.2, 0) is 17.8 Å². The number of hydrogen-bond acceptors (Lipinski definition) is 4. The van der Waals surface area contributed by atoms with Gasteiger partial charge < -0.3 is 13.0 Å². The number of carbonyl (C=O) groups is 1. The second-order valence-electron chi connectivity index (χ2n) is 4.82. The normalized spacial score (nSPS) is 13.8. The molecule has 0 aliphatic heterocycles. The van der Waals surface area contributed by atoms with Crippen molar-refractivity contribution in [3.63, 3.8) is 0 Å². The Bertz CT molecular complexity index is 281. The summed E-state index contributed by atoms with van der Waals surface area (Å²) in [6, 6.07) is 1.01. The first-order valence-electron chi connectivity index (χ1n) is 6.43. The van der Waals surface area contributed by atoms with Crippen LogP contribution in [0.25, 0.3) is 0 Å². The molecular formula is C11H26O4Si3. The molecule has 0 saturated carbocycles. The van der Waals surface area contributed by atoms with E-state index in [2.05, 4.69) is 32.8 Å². The molecule has 1 atom stereocenters. The summed E-state index contributed by atoms with van der Waals surface area (Å²) in [5, 5.41) is 0. The minimum atomic E-state index is -1.86. The summed E-state index contributed by atoms with van der Waals surface area (Å²) in [6.07, 6.45) is 0.862. The molecule has 0 fully saturated rings. The second kappa shape index (κ2) is 8.81. The van der Waals surface area contributed by atoms with Gasteiger partial charge in [0, 0.05) is 5.57 Å². The summed E-state index contributed by atoms with van der Waals surface area (Å²) < 4.78 is 16.9. The van der Waals surface area contributed by atoms with E-state index in [1.165, 1.54) is 0 Å². The minimum Gasteiger partial charge on any atom is -0.462 e. The van der Waals surface area contributed by atoms with Crippen LogP contribution in [-0.4, -0.2) is 39.9 Å². The summed E-state index contributed by atoms with van der Waals surface area (Å²) in [4.78, 5) is 11.2. The number of rotatable bonds is 9. The van der Waals surface area contributed by atoms with E-state index in [0.29, 0.717) is 12.2 Å². The Balaban J connectivity index is 3.74. The van der Waals surface area contributed by atoms with Crippen molar-refractivity contribution in [1.82, 2.24) is 0 Å². The van der Waals surface area contributed by atoms with E-state index in [-0.39, 0.29) is 5.97 Å². The van der Waals surface area contributed by atoms with Gasteiger partial charge in [0.25, 0.3) is 0 Å². The minimum absolute atomic E-state index is 0.305. The zero-order valence-corrected chi connectivity index (χ0v) is 15.8. The summed E-state index contributed by atoms with van der Waals surface area (Å²) in [6.45, 7) is 14.2. The molecule has 4 nitrogen and oxygen atoms in total. The lowest BCUT2D eigenvalue weighted by atomic mass is 10.4. The molecule has 0 aromatic rings. The van der Waals surface area contributed by atoms with Gasteiger partial charge in [0.2, 0.25) is 0 Å². The van der Waals surface area contributed by atoms with Gasteiger partial charge in [0.1, 0.15) is 9.76 Å². The molecule has 106 valence electrons. The first kappa shape index (κ1) is 17.8. The molecule has 1 unspecified atom stereocenters. The van der Waals surface area contributed by atoms with Crippen molar-refractivity contribution in [2.24, 2.45) is 0 Å². The molecule has 0 aliphatic carbocycles. The van der Waals surface area contributed by atoms with E-state index < -0.39 is 27.4 Å². The van der Waals surface area contributed by atoms with Gasteiger partial charge in [-0.05, 0) is 39.0 Å². The fourth-order valence-electron chi connectivity index (χ4n) is 1.58. The third-order valence-corrected chi connectivity index (χ3v) is 11.4. The van der Waals surface area contributed by atoms with Gasteiger partial charge in [-0.1, -0.05) is 13.1 Å². The molecule has 0 amide bonds. The maximum Gasteiger partial charge on any atom is 0.333 e. The van der Waals surface area contributed by atoms with E-state index in [1.54, 1.807) is 6.92 Å². The number of carbonyl (C=O) groups excluding carboxylic acids is 1. The van der Waals surface area contributed by atoms with Crippen LogP contribution in [0.4, 0.5) is 0 Å². The Kier molecular flexibility index (Phi) is 8.70. The predicted octanol–water partition coefficient (Wildman–Crippen LogP) is 1.72. The van der Waals surface area contributed by atoms with Crippen LogP contribution in [0.1, 0.15) is 13.3 Å². The molecule has 0 bridgehead atoms. The molecule has 0 aromatic carbocycles. The van der Waals surface area contributed by atoms with E-state index in [1.807, 2.05) is 0 Å². The van der Waals surface area contributed by atoms with Crippen molar-refractivity contribution in [2.45, 2.75) is 45.6 Å². The maximum atomic E-state index is 11.2.